The number of rotatable bonds is 4. The Kier molecular flexibility index (Phi) is 4.36. The van der Waals surface area contributed by atoms with Crippen LogP contribution in [0, 0.1) is 16.0 Å². The largest absolute Gasteiger partial charge is 0.316 e. The molecule has 1 aliphatic heterocycles. The average Bonchev–Trinajstić information content (AvgIpc) is 2.41. The summed E-state index contributed by atoms with van der Waals surface area (Å²) in [6.07, 6.45) is 0.668. The van der Waals surface area contributed by atoms with Crippen molar-refractivity contribution in [3.63, 3.8) is 0 Å². The molecule has 2 N–H and O–H groups in total. The van der Waals surface area contributed by atoms with Crippen molar-refractivity contribution >= 4 is 15.7 Å². The second kappa shape index (κ2) is 5.86. The van der Waals surface area contributed by atoms with Gasteiger partial charge in [-0.3, -0.25) is 10.1 Å². The zero-order chi connectivity index (χ0) is 14.8. The van der Waals surface area contributed by atoms with E-state index in [1.165, 1.54) is 24.3 Å². The zero-order valence-corrected chi connectivity index (χ0v) is 11.9. The van der Waals surface area contributed by atoms with Crippen LogP contribution < -0.4 is 10.0 Å². The van der Waals surface area contributed by atoms with E-state index >= 15 is 0 Å². The minimum Gasteiger partial charge on any atom is -0.316 e. The highest BCUT2D eigenvalue weighted by atomic mass is 32.2. The Balaban J connectivity index is 2.29. The summed E-state index contributed by atoms with van der Waals surface area (Å²) in [5.74, 6) is 0.140. The van der Waals surface area contributed by atoms with Gasteiger partial charge in [-0.15, -0.1) is 0 Å². The maximum atomic E-state index is 12.3. The Morgan fingerprint density at radius 1 is 1.40 bits per heavy atom. The number of piperidine rings is 1. The predicted octanol–water partition coefficient (Wildman–Crippen LogP) is 0.871. The summed E-state index contributed by atoms with van der Waals surface area (Å²) < 4.78 is 27.3. The van der Waals surface area contributed by atoms with E-state index in [-0.39, 0.29) is 16.9 Å². The summed E-state index contributed by atoms with van der Waals surface area (Å²) in [6, 6.07) is 5.17. The van der Waals surface area contributed by atoms with Gasteiger partial charge in [0.15, 0.2) is 4.90 Å². The van der Waals surface area contributed by atoms with E-state index in [0.717, 1.165) is 13.1 Å². The van der Waals surface area contributed by atoms with E-state index in [1.54, 1.807) is 0 Å². The molecule has 2 unspecified atom stereocenters. The number of nitrogens with zero attached hydrogens (tertiary/aromatic N) is 1. The van der Waals surface area contributed by atoms with Gasteiger partial charge in [0.1, 0.15) is 0 Å². The van der Waals surface area contributed by atoms with Crippen molar-refractivity contribution in [1.82, 2.24) is 10.0 Å². The Hall–Kier alpha value is -1.51. The average molecular weight is 299 g/mol. The van der Waals surface area contributed by atoms with Crippen molar-refractivity contribution in [3.8, 4) is 0 Å². The Labute approximate surface area is 117 Å². The molecule has 0 aromatic heterocycles. The molecule has 1 aromatic rings. The standard InChI is InChI=1S/C12H17N3O4S/c1-9-8-13-7-6-10(9)14-20(18,19)12-5-3-2-4-11(12)15(16)17/h2-5,9-10,13-14H,6-8H2,1H3. The normalized spacial score (nSPS) is 23.4. The molecule has 7 nitrogen and oxygen atoms in total. The Morgan fingerprint density at radius 2 is 2.10 bits per heavy atom. The van der Waals surface area contributed by atoms with Gasteiger partial charge in [0.05, 0.1) is 4.92 Å². The lowest BCUT2D eigenvalue weighted by molar-refractivity contribution is -0.387. The number of sulfonamides is 1. The summed E-state index contributed by atoms with van der Waals surface area (Å²) in [6.45, 7) is 3.40. The smallest absolute Gasteiger partial charge is 0.289 e. The third kappa shape index (κ3) is 3.14. The van der Waals surface area contributed by atoms with Gasteiger partial charge in [-0.05, 0) is 31.5 Å². The van der Waals surface area contributed by atoms with Crippen LogP contribution in [-0.4, -0.2) is 32.5 Å². The summed E-state index contributed by atoms with van der Waals surface area (Å²) in [5.41, 5.74) is -0.401. The molecule has 110 valence electrons. The lowest BCUT2D eigenvalue weighted by Crippen LogP contribution is -2.48. The number of nitrogens with one attached hydrogen (secondary N) is 2. The monoisotopic (exact) mass is 299 g/mol. The molecule has 8 heteroatoms. The molecule has 1 heterocycles. The summed E-state index contributed by atoms with van der Waals surface area (Å²) >= 11 is 0. The van der Waals surface area contributed by atoms with Crippen LogP contribution in [0.3, 0.4) is 0 Å². The van der Waals surface area contributed by atoms with Gasteiger partial charge in [0.2, 0.25) is 10.0 Å². The Morgan fingerprint density at radius 3 is 2.75 bits per heavy atom. The lowest BCUT2D eigenvalue weighted by Gasteiger charge is -2.29. The molecule has 0 aliphatic carbocycles. The van der Waals surface area contributed by atoms with Crippen molar-refractivity contribution in [1.29, 1.82) is 0 Å². The van der Waals surface area contributed by atoms with Crippen molar-refractivity contribution in [3.05, 3.63) is 34.4 Å². The molecule has 0 spiro atoms. The summed E-state index contributed by atoms with van der Waals surface area (Å²) in [5, 5.41) is 14.1. The fourth-order valence-corrected chi connectivity index (χ4v) is 3.84. The first-order valence-corrected chi connectivity index (χ1v) is 7.86. The number of benzene rings is 1. The molecule has 1 saturated heterocycles. The molecule has 20 heavy (non-hydrogen) atoms. The van der Waals surface area contributed by atoms with E-state index < -0.39 is 20.6 Å². The SMILES string of the molecule is CC1CNCCC1NS(=O)(=O)c1ccccc1[N+](=O)[O-]. The van der Waals surface area contributed by atoms with Crippen molar-refractivity contribution in [2.45, 2.75) is 24.3 Å². The van der Waals surface area contributed by atoms with Crippen molar-refractivity contribution < 1.29 is 13.3 Å². The minimum absolute atomic E-state index is 0.140. The minimum atomic E-state index is -3.89. The summed E-state index contributed by atoms with van der Waals surface area (Å²) in [7, 11) is -3.89. The van der Waals surface area contributed by atoms with E-state index in [4.69, 9.17) is 0 Å². The maximum absolute atomic E-state index is 12.3. The lowest BCUT2D eigenvalue weighted by atomic mass is 9.97. The molecule has 2 atom stereocenters. The Bertz CT molecular complexity index is 602. The highest BCUT2D eigenvalue weighted by Gasteiger charge is 2.30. The summed E-state index contributed by atoms with van der Waals surface area (Å²) in [4.78, 5) is 9.97. The van der Waals surface area contributed by atoms with Gasteiger partial charge in [-0.1, -0.05) is 19.1 Å². The second-order valence-corrected chi connectivity index (χ2v) is 6.61. The van der Waals surface area contributed by atoms with Crippen LogP contribution in [0.1, 0.15) is 13.3 Å². The van der Waals surface area contributed by atoms with Gasteiger partial charge in [0.25, 0.3) is 5.69 Å². The second-order valence-electron chi connectivity index (χ2n) is 4.92. The van der Waals surface area contributed by atoms with Crippen LogP contribution in [0.5, 0.6) is 0 Å². The highest BCUT2D eigenvalue weighted by molar-refractivity contribution is 7.89. The molecule has 0 amide bonds. The fraction of sp³-hybridized carbons (Fsp3) is 0.500. The quantitative estimate of drug-likeness (QED) is 0.634. The number of hydrogen-bond acceptors (Lipinski definition) is 5. The third-order valence-electron chi connectivity index (χ3n) is 3.44. The van der Waals surface area contributed by atoms with Crippen LogP contribution in [0.25, 0.3) is 0 Å². The van der Waals surface area contributed by atoms with Gasteiger partial charge < -0.3 is 5.32 Å². The van der Waals surface area contributed by atoms with Crippen LogP contribution in [0.2, 0.25) is 0 Å². The van der Waals surface area contributed by atoms with E-state index in [9.17, 15) is 18.5 Å². The third-order valence-corrected chi connectivity index (χ3v) is 4.98. The number of nitro groups is 1. The van der Waals surface area contributed by atoms with Gasteiger partial charge in [0, 0.05) is 12.1 Å². The number of nitro benzene ring substituents is 1. The molecule has 0 saturated carbocycles. The van der Waals surface area contributed by atoms with E-state index in [0.29, 0.717) is 6.42 Å². The van der Waals surface area contributed by atoms with Crippen molar-refractivity contribution in [2.75, 3.05) is 13.1 Å². The van der Waals surface area contributed by atoms with Crippen LogP contribution in [-0.2, 0) is 10.0 Å². The first kappa shape index (κ1) is 14.9. The van der Waals surface area contributed by atoms with Gasteiger partial charge >= 0.3 is 0 Å². The molecule has 1 aromatic carbocycles. The molecule has 0 radical (unpaired) electrons. The van der Waals surface area contributed by atoms with E-state index in [2.05, 4.69) is 10.0 Å². The number of para-hydroxylation sites is 1. The molecule has 1 aliphatic rings. The molecule has 2 rings (SSSR count). The fourth-order valence-electron chi connectivity index (χ4n) is 2.29. The predicted molar refractivity (Wildman–Crippen MR) is 73.9 cm³/mol. The molecular weight excluding hydrogens is 282 g/mol. The molecular formula is C12H17N3O4S. The molecule has 0 bridgehead atoms. The topological polar surface area (TPSA) is 101 Å². The van der Waals surface area contributed by atoms with Crippen molar-refractivity contribution in [2.24, 2.45) is 5.92 Å². The maximum Gasteiger partial charge on any atom is 0.289 e. The molecule has 1 fully saturated rings. The first-order chi connectivity index (χ1) is 9.42. The van der Waals surface area contributed by atoms with Gasteiger partial charge in [-0.25, -0.2) is 13.1 Å². The number of hydrogen-bond donors (Lipinski definition) is 2. The zero-order valence-electron chi connectivity index (χ0n) is 11.1. The van der Waals surface area contributed by atoms with Crippen LogP contribution >= 0.6 is 0 Å². The highest BCUT2D eigenvalue weighted by Crippen LogP contribution is 2.24. The van der Waals surface area contributed by atoms with Crippen LogP contribution in [0.15, 0.2) is 29.2 Å². The first-order valence-electron chi connectivity index (χ1n) is 6.38. The van der Waals surface area contributed by atoms with E-state index in [1.807, 2.05) is 6.92 Å². The van der Waals surface area contributed by atoms with Gasteiger partial charge in [-0.2, -0.15) is 0 Å². The van der Waals surface area contributed by atoms with Crippen LogP contribution in [0.4, 0.5) is 5.69 Å².